The lowest BCUT2D eigenvalue weighted by Gasteiger charge is -2.44. The van der Waals surface area contributed by atoms with Crippen LogP contribution in [0.4, 0.5) is 0 Å². The van der Waals surface area contributed by atoms with E-state index in [0.29, 0.717) is 0 Å². The average Bonchev–Trinajstić information content (AvgIpc) is 3.48. The highest BCUT2D eigenvalue weighted by atomic mass is 17.1. The minimum atomic E-state index is -0.433. The molecule has 6 fully saturated rings. The summed E-state index contributed by atoms with van der Waals surface area (Å²) in [6.07, 6.45) is 13.4. The minimum absolute atomic E-state index is 0.286. The fourth-order valence-electron chi connectivity index (χ4n) is 6.12. The highest BCUT2D eigenvalue weighted by Gasteiger charge is 3.05. The molecule has 0 amide bonds. The van der Waals surface area contributed by atoms with Crippen molar-refractivity contribution in [3.8, 4) is 0 Å². The largest absolute Gasteiger partial charge is 0.357 e. The lowest BCUT2D eigenvalue weighted by Crippen LogP contribution is -2.54. The third-order valence-corrected chi connectivity index (χ3v) is 7.75. The van der Waals surface area contributed by atoms with E-state index in [4.69, 9.17) is 23.7 Å². The molecule has 0 bridgehead atoms. The lowest BCUT2D eigenvalue weighted by atomic mass is 9.86. The molecule has 0 aromatic carbocycles. The molecule has 0 radical (unpaired) electrons. The molecule has 2 unspecified atom stereocenters. The van der Waals surface area contributed by atoms with Crippen molar-refractivity contribution in [3.63, 3.8) is 0 Å². The number of rotatable bonds is 10. The number of hydrogen-bond acceptors (Lipinski definition) is 5. The summed E-state index contributed by atoms with van der Waals surface area (Å²) in [5.74, 6) is -1.44. The molecule has 2 atom stereocenters. The second-order valence-corrected chi connectivity index (χ2v) is 9.15. The predicted molar refractivity (Wildman–Crippen MR) is 88.6 cm³/mol. The zero-order valence-electron chi connectivity index (χ0n) is 15.5. The summed E-state index contributed by atoms with van der Waals surface area (Å²) in [6, 6.07) is 0. The van der Waals surface area contributed by atoms with Crippen LogP contribution < -0.4 is 0 Å². The first kappa shape index (κ1) is 15.8. The van der Waals surface area contributed by atoms with Crippen LogP contribution in [-0.2, 0) is 23.7 Å². The molecule has 25 heavy (non-hydrogen) atoms. The second-order valence-electron chi connectivity index (χ2n) is 9.15. The van der Waals surface area contributed by atoms with Crippen LogP contribution in [0.2, 0.25) is 0 Å². The predicted octanol–water partition coefficient (Wildman–Crippen LogP) is 4.13. The summed E-state index contributed by atoms with van der Waals surface area (Å²) in [5, 5.41) is 0. The summed E-state index contributed by atoms with van der Waals surface area (Å²) in [7, 11) is 0. The highest BCUT2D eigenvalue weighted by molar-refractivity contribution is 5.37. The van der Waals surface area contributed by atoms with Crippen LogP contribution in [0.15, 0.2) is 0 Å². The molecular formula is C20H30O5. The Kier molecular flexibility index (Phi) is 2.81. The van der Waals surface area contributed by atoms with Crippen molar-refractivity contribution < 1.29 is 23.7 Å². The Hall–Kier alpha value is -0.200. The molecule has 4 aliphatic heterocycles. The van der Waals surface area contributed by atoms with E-state index in [-0.39, 0.29) is 22.8 Å². The third kappa shape index (κ3) is 1.61. The molecule has 4 saturated heterocycles. The Morgan fingerprint density at radius 2 is 1.08 bits per heavy atom. The van der Waals surface area contributed by atoms with Gasteiger partial charge in [-0.1, -0.05) is 52.4 Å². The molecule has 140 valence electrons. The van der Waals surface area contributed by atoms with E-state index < -0.39 is 11.6 Å². The Labute approximate surface area is 149 Å². The standard InChI is InChI=1S/C20H30O5/c1-3-5-7-9-15(11-13-17-19(15,22-17)23-17)21-16(10-8-6-4-2)12-14-18-20(16,24-18)25-18/h3-14H2,1-2H3. The van der Waals surface area contributed by atoms with Crippen molar-refractivity contribution in [2.75, 3.05) is 0 Å². The molecule has 0 spiro atoms. The van der Waals surface area contributed by atoms with E-state index in [9.17, 15) is 0 Å². The summed E-state index contributed by atoms with van der Waals surface area (Å²) in [6.45, 7) is 4.50. The average molecular weight is 350 g/mol. The Morgan fingerprint density at radius 1 is 0.640 bits per heavy atom. The van der Waals surface area contributed by atoms with Gasteiger partial charge in [0.05, 0.1) is 0 Å². The van der Waals surface area contributed by atoms with Crippen LogP contribution in [0.1, 0.15) is 90.9 Å². The van der Waals surface area contributed by atoms with Crippen molar-refractivity contribution in [2.45, 2.75) is 125 Å². The molecule has 0 N–H and O–H groups in total. The zero-order chi connectivity index (χ0) is 17.0. The van der Waals surface area contributed by atoms with Gasteiger partial charge in [-0.25, -0.2) is 0 Å². The van der Waals surface area contributed by atoms with Gasteiger partial charge in [-0.05, 0) is 25.7 Å². The first-order valence-electron chi connectivity index (χ1n) is 10.6. The first-order chi connectivity index (χ1) is 12.1. The Bertz CT molecular complexity index is 553. The summed E-state index contributed by atoms with van der Waals surface area (Å²) in [4.78, 5) is 0. The second kappa shape index (κ2) is 4.44. The van der Waals surface area contributed by atoms with E-state index in [1.165, 1.54) is 38.5 Å². The van der Waals surface area contributed by atoms with Gasteiger partial charge in [0.15, 0.2) is 0 Å². The normalized spacial score (nSPS) is 58.3. The van der Waals surface area contributed by atoms with Crippen molar-refractivity contribution in [2.24, 2.45) is 0 Å². The van der Waals surface area contributed by atoms with Crippen molar-refractivity contribution in [1.29, 1.82) is 0 Å². The molecule has 5 heteroatoms. The maximum Gasteiger partial charge on any atom is 0.259 e. The zero-order valence-corrected chi connectivity index (χ0v) is 15.5. The molecule has 6 aliphatic rings. The number of unbranched alkanes of at least 4 members (excludes halogenated alkanes) is 4. The molecule has 4 heterocycles. The van der Waals surface area contributed by atoms with Crippen LogP contribution in [0.3, 0.4) is 0 Å². The van der Waals surface area contributed by atoms with Gasteiger partial charge in [0, 0.05) is 12.8 Å². The van der Waals surface area contributed by atoms with Crippen LogP contribution in [0, 0.1) is 0 Å². The van der Waals surface area contributed by atoms with Crippen LogP contribution in [-0.4, -0.2) is 34.4 Å². The van der Waals surface area contributed by atoms with Gasteiger partial charge in [-0.15, -0.1) is 0 Å². The monoisotopic (exact) mass is 350 g/mol. The van der Waals surface area contributed by atoms with E-state index in [2.05, 4.69) is 13.8 Å². The fourth-order valence-corrected chi connectivity index (χ4v) is 6.12. The molecule has 5 nitrogen and oxygen atoms in total. The lowest BCUT2D eigenvalue weighted by molar-refractivity contribution is -0.308. The fraction of sp³-hybridized carbons (Fsp3) is 1.00. The van der Waals surface area contributed by atoms with Gasteiger partial charge in [0.25, 0.3) is 11.6 Å². The topological polar surface area (TPSA) is 59.4 Å². The number of ether oxygens (including phenoxy) is 5. The maximum absolute atomic E-state index is 7.13. The Morgan fingerprint density at radius 3 is 1.36 bits per heavy atom. The van der Waals surface area contributed by atoms with Crippen LogP contribution >= 0.6 is 0 Å². The SMILES string of the molecule is CCCCCC1(OC2(CCCCC)CCC34OC23O4)CCC23OC12O3. The van der Waals surface area contributed by atoms with E-state index in [1.807, 2.05) is 0 Å². The maximum atomic E-state index is 7.13. The van der Waals surface area contributed by atoms with Gasteiger partial charge in [0.1, 0.15) is 11.2 Å². The molecule has 6 rings (SSSR count). The van der Waals surface area contributed by atoms with Crippen molar-refractivity contribution in [3.05, 3.63) is 0 Å². The van der Waals surface area contributed by atoms with Gasteiger partial charge < -0.3 is 23.7 Å². The molecule has 2 saturated carbocycles. The van der Waals surface area contributed by atoms with Crippen LogP contribution in [0.5, 0.6) is 0 Å². The van der Waals surface area contributed by atoms with Gasteiger partial charge in [-0.2, -0.15) is 0 Å². The number of hydrogen-bond donors (Lipinski definition) is 0. The van der Waals surface area contributed by atoms with Gasteiger partial charge >= 0.3 is 0 Å². The van der Waals surface area contributed by atoms with Crippen LogP contribution in [0.25, 0.3) is 0 Å². The summed E-state index contributed by atoms with van der Waals surface area (Å²) >= 11 is 0. The Balaban J connectivity index is 1.28. The first-order valence-corrected chi connectivity index (χ1v) is 10.6. The van der Waals surface area contributed by atoms with Gasteiger partial charge in [0.2, 0.25) is 11.6 Å². The summed E-state index contributed by atoms with van der Waals surface area (Å²) < 4.78 is 31.2. The number of epoxide rings is 4. The van der Waals surface area contributed by atoms with E-state index in [1.54, 1.807) is 0 Å². The third-order valence-electron chi connectivity index (χ3n) is 7.75. The van der Waals surface area contributed by atoms with Crippen molar-refractivity contribution >= 4 is 0 Å². The van der Waals surface area contributed by atoms with E-state index in [0.717, 1.165) is 38.5 Å². The van der Waals surface area contributed by atoms with Crippen molar-refractivity contribution in [1.82, 2.24) is 0 Å². The smallest absolute Gasteiger partial charge is 0.259 e. The van der Waals surface area contributed by atoms with Gasteiger partial charge in [-0.3, -0.25) is 0 Å². The quantitative estimate of drug-likeness (QED) is 0.438. The molecule has 0 aromatic heterocycles. The molecule has 0 aromatic rings. The molecule has 2 aliphatic carbocycles. The minimum Gasteiger partial charge on any atom is -0.357 e. The summed E-state index contributed by atoms with van der Waals surface area (Å²) in [5.41, 5.74) is -0.589. The van der Waals surface area contributed by atoms with E-state index >= 15 is 0 Å². The molecular weight excluding hydrogens is 320 g/mol. The highest BCUT2D eigenvalue weighted by Crippen LogP contribution is 2.85.